The summed E-state index contributed by atoms with van der Waals surface area (Å²) in [6, 6.07) is 5.17. The summed E-state index contributed by atoms with van der Waals surface area (Å²) in [5.41, 5.74) is 0.178. The summed E-state index contributed by atoms with van der Waals surface area (Å²) < 4.78 is 4.47. The lowest BCUT2D eigenvalue weighted by atomic mass is 10.2. The van der Waals surface area contributed by atoms with Gasteiger partial charge in [0.15, 0.2) is 0 Å². The minimum Gasteiger partial charge on any atom is -0.469 e. The molecule has 0 aromatic heterocycles. The fourth-order valence-corrected chi connectivity index (χ4v) is 1.78. The molecule has 0 spiro atoms. The minimum absolute atomic E-state index is 0.0942. The van der Waals surface area contributed by atoms with Gasteiger partial charge in [0.05, 0.1) is 12.0 Å². The number of nitrogens with zero attached hydrogens (tertiary/aromatic N) is 1. The maximum absolute atomic E-state index is 11.8. The van der Waals surface area contributed by atoms with E-state index in [2.05, 4.69) is 15.4 Å². The molecule has 0 heterocycles. The zero-order chi connectivity index (χ0) is 17.9. The van der Waals surface area contributed by atoms with Crippen LogP contribution in [0.1, 0.15) is 29.6 Å². The van der Waals surface area contributed by atoms with E-state index in [1.165, 1.54) is 31.4 Å². The van der Waals surface area contributed by atoms with Gasteiger partial charge in [-0.3, -0.25) is 24.5 Å². The van der Waals surface area contributed by atoms with Gasteiger partial charge in [-0.05, 0) is 18.6 Å². The van der Waals surface area contributed by atoms with Gasteiger partial charge >= 0.3 is 5.97 Å². The molecule has 130 valence electrons. The lowest BCUT2D eigenvalue weighted by Crippen LogP contribution is -2.31. The zero-order valence-corrected chi connectivity index (χ0v) is 13.2. The Bertz CT molecular complexity index is 600. The predicted molar refractivity (Wildman–Crippen MR) is 84.3 cm³/mol. The number of benzene rings is 1. The monoisotopic (exact) mass is 337 g/mol. The number of hydrogen-bond acceptors (Lipinski definition) is 6. The van der Waals surface area contributed by atoms with Gasteiger partial charge in [0.25, 0.3) is 11.6 Å². The smallest absolute Gasteiger partial charge is 0.305 e. The number of rotatable bonds is 9. The third kappa shape index (κ3) is 6.86. The predicted octanol–water partition coefficient (Wildman–Crippen LogP) is 0.784. The molecule has 9 nitrogen and oxygen atoms in total. The van der Waals surface area contributed by atoms with Crippen molar-refractivity contribution >= 4 is 23.5 Å². The summed E-state index contributed by atoms with van der Waals surface area (Å²) in [5, 5.41) is 15.7. The quantitative estimate of drug-likeness (QED) is 0.297. The van der Waals surface area contributed by atoms with Crippen LogP contribution >= 0.6 is 0 Å². The fraction of sp³-hybridized carbons (Fsp3) is 0.400. The van der Waals surface area contributed by atoms with Crippen molar-refractivity contribution < 1.29 is 24.0 Å². The van der Waals surface area contributed by atoms with Crippen molar-refractivity contribution in [2.75, 3.05) is 20.2 Å². The normalized spacial score (nSPS) is 9.88. The van der Waals surface area contributed by atoms with Crippen molar-refractivity contribution in [3.8, 4) is 0 Å². The Balaban J connectivity index is 2.23. The number of carbonyl (C=O) groups excluding carboxylic acids is 3. The van der Waals surface area contributed by atoms with E-state index in [0.29, 0.717) is 13.0 Å². The van der Waals surface area contributed by atoms with E-state index < -0.39 is 10.8 Å². The molecular formula is C15H19N3O6. The number of methoxy groups -OCH3 is 1. The van der Waals surface area contributed by atoms with Crippen LogP contribution in [0.5, 0.6) is 0 Å². The van der Waals surface area contributed by atoms with Gasteiger partial charge in [0, 0.05) is 43.6 Å². The topological polar surface area (TPSA) is 128 Å². The van der Waals surface area contributed by atoms with E-state index >= 15 is 0 Å². The molecule has 0 aliphatic rings. The van der Waals surface area contributed by atoms with Gasteiger partial charge < -0.3 is 15.4 Å². The average Bonchev–Trinajstić information content (AvgIpc) is 2.58. The number of nitro groups is 1. The molecule has 0 fully saturated rings. The maximum Gasteiger partial charge on any atom is 0.305 e. The molecule has 0 aliphatic carbocycles. The van der Waals surface area contributed by atoms with Crippen molar-refractivity contribution in [3.05, 3.63) is 39.9 Å². The molecule has 0 aliphatic heterocycles. The van der Waals surface area contributed by atoms with Crippen LogP contribution < -0.4 is 10.6 Å². The highest BCUT2D eigenvalue weighted by molar-refractivity contribution is 5.94. The molecule has 24 heavy (non-hydrogen) atoms. The van der Waals surface area contributed by atoms with E-state index in [1.54, 1.807) is 0 Å². The first-order valence-corrected chi connectivity index (χ1v) is 7.30. The Hall–Kier alpha value is -2.97. The summed E-state index contributed by atoms with van der Waals surface area (Å²) in [6.45, 7) is 0.489. The Labute approximate surface area is 138 Å². The average molecular weight is 337 g/mol. The molecule has 0 atom stereocenters. The maximum atomic E-state index is 11.8. The summed E-state index contributed by atoms with van der Waals surface area (Å²) in [5.74, 6) is -0.994. The van der Waals surface area contributed by atoms with Crippen LogP contribution in [0, 0.1) is 10.1 Å². The summed E-state index contributed by atoms with van der Waals surface area (Å²) >= 11 is 0. The second-order valence-electron chi connectivity index (χ2n) is 4.84. The number of carbonyl (C=O) groups is 3. The molecule has 1 rings (SSSR count). The van der Waals surface area contributed by atoms with Crippen LogP contribution in [0.15, 0.2) is 24.3 Å². The third-order valence-corrected chi connectivity index (χ3v) is 3.09. The van der Waals surface area contributed by atoms with Crippen molar-refractivity contribution in [1.82, 2.24) is 10.6 Å². The second-order valence-corrected chi connectivity index (χ2v) is 4.84. The van der Waals surface area contributed by atoms with E-state index in [0.717, 1.165) is 0 Å². The van der Waals surface area contributed by atoms with E-state index in [9.17, 15) is 24.5 Å². The van der Waals surface area contributed by atoms with Crippen LogP contribution in [-0.4, -0.2) is 42.9 Å². The van der Waals surface area contributed by atoms with Crippen molar-refractivity contribution in [2.24, 2.45) is 0 Å². The van der Waals surface area contributed by atoms with Crippen LogP contribution in [0.4, 0.5) is 5.69 Å². The Morgan fingerprint density at radius 2 is 1.75 bits per heavy atom. The Morgan fingerprint density at radius 1 is 1.08 bits per heavy atom. The lowest BCUT2D eigenvalue weighted by Gasteiger charge is -2.06. The first-order chi connectivity index (χ1) is 11.4. The molecular weight excluding hydrogens is 318 g/mol. The lowest BCUT2D eigenvalue weighted by molar-refractivity contribution is -0.384. The Morgan fingerprint density at radius 3 is 2.33 bits per heavy atom. The first kappa shape index (κ1) is 19.1. The fourth-order valence-electron chi connectivity index (χ4n) is 1.78. The minimum atomic E-state index is -0.549. The largest absolute Gasteiger partial charge is 0.469 e. The number of amides is 2. The SMILES string of the molecule is COC(=O)CCCNC(=O)CCNC(=O)c1ccc([N+](=O)[O-])cc1. The van der Waals surface area contributed by atoms with Gasteiger partial charge in [0.2, 0.25) is 5.91 Å². The molecule has 1 aromatic carbocycles. The molecule has 2 amide bonds. The van der Waals surface area contributed by atoms with Gasteiger partial charge in [-0.15, -0.1) is 0 Å². The molecule has 0 saturated heterocycles. The number of esters is 1. The van der Waals surface area contributed by atoms with Crippen LogP contribution in [0.25, 0.3) is 0 Å². The molecule has 2 N–H and O–H groups in total. The Kier molecular flexibility index (Phi) is 7.89. The number of non-ortho nitro benzene ring substituents is 1. The highest BCUT2D eigenvalue weighted by Crippen LogP contribution is 2.11. The van der Waals surface area contributed by atoms with E-state index in [4.69, 9.17) is 0 Å². The van der Waals surface area contributed by atoms with Crippen molar-refractivity contribution in [1.29, 1.82) is 0 Å². The van der Waals surface area contributed by atoms with Gasteiger partial charge in [0.1, 0.15) is 0 Å². The van der Waals surface area contributed by atoms with Gasteiger partial charge in [-0.2, -0.15) is 0 Å². The number of ether oxygens (including phenoxy) is 1. The molecule has 0 radical (unpaired) electrons. The standard InChI is InChI=1S/C15H19N3O6/c1-24-14(20)3-2-9-16-13(19)8-10-17-15(21)11-4-6-12(7-5-11)18(22)23/h4-7H,2-3,8-10H2,1H3,(H,16,19)(H,17,21). The van der Waals surface area contributed by atoms with Crippen LogP contribution in [0.3, 0.4) is 0 Å². The third-order valence-electron chi connectivity index (χ3n) is 3.09. The molecule has 9 heteroatoms. The van der Waals surface area contributed by atoms with E-state index in [-0.39, 0.29) is 42.5 Å². The van der Waals surface area contributed by atoms with Crippen molar-refractivity contribution in [2.45, 2.75) is 19.3 Å². The summed E-state index contributed by atoms with van der Waals surface area (Å²) in [4.78, 5) is 44.2. The molecule has 1 aromatic rings. The first-order valence-electron chi connectivity index (χ1n) is 7.30. The van der Waals surface area contributed by atoms with Crippen LogP contribution in [-0.2, 0) is 14.3 Å². The molecule has 0 unspecified atom stereocenters. The van der Waals surface area contributed by atoms with Gasteiger partial charge in [-0.25, -0.2) is 0 Å². The number of hydrogen-bond donors (Lipinski definition) is 2. The highest BCUT2D eigenvalue weighted by atomic mass is 16.6. The highest BCUT2D eigenvalue weighted by Gasteiger charge is 2.10. The molecule has 0 bridgehead atoms. The van der Waals surface area contributed by atoms with Gasteiger partial charge in [-0.1, -0.05) is 0 Å². The summed E-state index contributed by atoms with van der Waals surface area (Å²) in [7, 11) is 1.30. The summed E-state index contributed by atoms with van der Waals surface area (Å²) in [6.07, 6.45) is 0.804. The zero-order valence-electron chi connectivity index (χ0n) is 13.2. The molecule has 0 saturated carbocycles. The number of nitro benzene ring substituents is 1. The number of nitrogens with one attached hydrogen (secondary N) is 2. The second kappa shape index (κ2) is 9.93. The van der Waals surface area contributed by atoms with Crippen LogP contribution in [0.2, 0.25) is 0 Å². The van der Waals surface area contributed by atoms with E-state index in [1.807, 2.05) is 0 Å². The van der Waals surface area contributed by atoms with Crippen molar-refractivity contribution in [3.63, 3.8) is 0 Å².